The number of hydrogen-bond donors (Lipinski definition) is 8. The average Bonchev–Trinajstić information content (AvgIpc) is 0.991. The predicted molar refractivity (Wildman–Crippen MR) is 393 cm³/mol. The van der Waals surface area contributed by atoms with Crippen LogP contribution >= 0.6 is 0 Å². The summed E-state index contributed by atoms with van der Waals surface area (Å²) in [5.74, 6) is 1.49. The van der Waals surface area contributed by atoms with Gasteiger partial charge in [0.2, 0.25) is 35.4 Å². The number of ether oxygens (including phenoxy) is 14. The highest BCUT2D eigenvalue weighted by atomic mass is 16.6. The van der Waals surface area contributed by atoms with Gasteiger partial charge in [-0.15, -0.1) is 0 Å². The van der Waals surface area contributed by atoms with Crippen molar-refractivity contribution in [2.75, 3.05) is 72.7 Å². The van der Waals surface area contributed by atoms with Crippen molar-refractivity contribution < 1.29 is 105 Å². The van der Waals surface area contributed by atoms with Crippen LogP contribution in [0.4, 0.5) is 0 Å². The predicted octanol–water partition coefficient (Wildman–Crippen LogP) is 4.00. The van der Waals surface area contributed by atoms with Crippen molar-refractivity contribution in [3.63, 3.8) is 0 Å². The van der Waals surface area contributed by atoms with Gasteiger partial charge in [-0.1, -0.05) is 54.6 Å². The summed E-state index contributed by atoms with van der Waals surface area (Å²) >= 11 is 0. The van der Waals surface area contributed by atoms with E-state index in [4.69, 9.17) is 66.3 Å². The van der Waals surface area contributed by atoms with Crippen LogP contribution in [0.2, 0.25) is 0 Å². The summed E-state index contributed by atoms with van der Waals surface area (Å²) in [6.45, 7) is 11.4. The number of nitrogens with one attached hydrogen (secondary N) is 6. The molecule has 0 aliphatic carbocycles. The van der Waals surface area contributed by atoms with E-state index in [1.807, 2.05) is 74.5 Å². The summed E-state index contributed by atoms with van der Waals surface area (Å²) < 4.78 is 84.5. The molecule has 15 unspecified atom stereocenters. The van der Waals surface area contributed by atoms with Gasteiger partial charge < -0.3 is 108 Å². The number of amides is 6. The second-order valence-electron chi connectivity index (χ2n) is 31.0. The van der Waals surface area contributed by atoms with Crippen molar-refractivity contribution in [1.82, 2.24) is 31.9 Å². The number of hydrogen-bond acceptors (Lipinski definition) is 22. The average molecular weight is 1520 g/mol. The van der Waals surface area contributed by atoms with E-state index in [2.05, 4.69) is 31.9 Å². The number of rotatable bonds is 32. The first-order chi connectivity index (χ1) is 53.0. The van der Waals surface area contributed by atoms with E-state index in [0.717, 1.165) is 29.7 Å². The first-order valence-electron chi connectivity index (χ1n) is 37.8. The van der Waals surface area contributed by atoms with Crippen molar-refractivity contribution in [3.8, 4) is 51.7 Å². The van der Waals surface area contributed by atoms with E-state index in [1.165, 1.54) is 0 Å². The van der Waals surface area contributed by atoms with Crippen LogP contribution in [0, 0.1) is 0 Å². The minimum absolute atomic E-state index is 0.00251. The quantitative estimate of drug-likeness (QED) is 0.0277. The van der Waals surface area contributed by atoms with Gasteiger partial charge in [0, 0.05) is 57.8 Å². The Kier molecular flexibility index (Phi) is 22.3. The summed E-state index contributed by atoms with van der Waals surface area (Å²) in [6.07, 6.45) is -1.05. The highest BCUT2D eigenvalue weighted by molar-refractivity contribution is 5.99. The molecule has 28 nitrogen and oxygen atoms in total. The molecule has 9 aliphatic heterocycles. The van der Waals surface area contributed by atoms with Gasteiger partial charge in [-0.2, -0.15) is 0 Å². The number of benzene rings is 6. The fourth-order valence-corrected chi connectivity index (χ4v) is 14.2. The molecule has 28 heteroatoms. The van der Waals surface area contributed by atoms with Crippen LogP contribution in [0.5, 0.6) is 51.7 Å². The molecule has 110 heavy (non-hydrogen) atoms. The standard InChI is InChI=1S/C82H94N6O22/c1-80(2,34-57-37-98-57)108-55-16-7-47(8-17-55)24-63-75(92)86-65(77(94)84-63)26-49-11-20-68-71(29-49)104-36-53(90)33-82(4,110-70-22-13-51(31-73(70)107-45-61-42-102-61)28-67-79(96)83-62(74(91)88-67)23-46-5-14-54(15-6-46)97-38-58-39-99-58)81(3,32-52(89)35-103-68)109-56-18-9-48(10-19-56)25-64-76(93)87-66(78(95)85-64)27-50-12-21-69(105-43-59-40-100-59)72(30-50)106-44-60-41-101-60/h5-22,29-31,52-53,57-67,89-90H,23-28,32-45H2,1-4H3,(H,83,96)(H,84,94)(H,85,95)(H,86,92)(H,87,93)(H,88,91). The van der Waals surface area contributed by atoms with Gasteiger partial charge >= 0.3 is 0 Å². The Hall–Kier alpha value is -9.94. The van der Waals surface area contributed by atoms with E-state index in [-0.39, 0.29) is 160 Å². The fraction of sp³-hybridized carbons (Fsp3) is 0.488. The number of piperazine rings is 3. The molecule has 9 heterocycles. The lowest BCUT2D eigenvalue weighted by Gasteiger charge is -2.48. The summed E-state index contributed by atoms with van der Waals surface area (Å²) in [5, 5.41) is 42.2. The molecule has 8 saturated heterocycles. The molecule has 0 spiro atoms. The maximum Gasteiger partial charge on any atom is 0.243 e. The molecule has 0 saturated carbocycles. The lowest BCUT2D eigenvalue weighted by atomic mass is 9.77. The lowest BCUT2D eigenvalue weighted by molar-refractivity contribution is -0.139. The van der Waals surface area contributed by atoms with Crippen LogP contribution in [-0.4, -0.2) is 214 Å². The highest BCUT2D eigenvalue weighted by Gasteiger charge is 2.53. The Labute approximate surface area is 636 Å². The molecule has 8 fully saturated rings. The minimum atomic E-state index is -1.62. The third-order valence-electron chi connectivity index (χ3n) is 21.0. The van der Waals surface area contributed by atoms with E-state index < -0.39 is 65.3 Å². The van der Waals surface area contributed by atoms with Crippen LogP contribution in [0.25, 0.3) is 0 Å². The van der Waals surface area contributed by atoms with E-state index in [1.54, 1.807) is 80.6 Å². The molecule has 6 aromatic carbocycles. The van der Waals surface area contributed by atoms with Crippen molar-refractivity contribution >= 4 is 35.4 Å². The lowest BCUT2D eigenvalue weighted by Crippen LogP contribution is -2.62. The van der Waals surface area contributed by atoms with Crippen LogP contribution in [0.1, 0.15) is 80.3 Å². The zero-order chi connectivity index (χ0) is 76.3. The highest BCUT2D eigenvalue weighted by Crippen LogP contribution is 2.44. The van der Waals surface area contributed by atoms with Gasteiger partial charge in [-0.05, 0) is 134 Å². The first-order valence-corrected chi connectivity index (χ1v) is 37.8. The number of aliphatic hydroxyl groups is 2. The second-order valence-corrected chi connectivity index (χ2v) is 31.0. The Morgan fingerprint density at radius 3 is 1.12 bits per heavy atom. The minimum Gasteiger partial charge on any atom is -0.491 e. The molecule has 6 amide bonds. The summed E-state index contributed by atoms with van der Waals surface area (Å²) in [7, 11) is 0. The molecule has 15 atom stereocenters. The summed E-state index contributed by atoms with van der Waals surface area (Å²) in [6, 6.07) is 32.2. The third-order valence-corrected chi connectivity index (χ3v) is 21.0. The molecule has 15 rings (SSSR count). The first kappa shape index (κ1) is 75.5. The summed E-state index contributed by atoms with van der Waals surface area (Å²) in [5.41, 5.74) is 0.720. The number of carbonyl (C=O) groups is 6. The van der Waals surface area contributed by atoms with Gasteiger partial charge in [0.05, 0.1) is 51.3 Å². The smallest absolute Gasteiger partial charge is 0.243 e. The number of aliphatic hydroxyl groups excluding tert-OH is 2. The monoisotopic (exact) mass is 1510 g/mol. The molecule has 584 valence electrons. The molecule has 0 aromatic heterocycles. The Balaban J connectivity index is 0.637. The van der Waals surface area contributed by atoms with Crippen molar-refractivity contribution in [1.29, 1.82) is 0 Å². The fourth-order valence-electron chi connectivity index (χ4n) is 14.2. The summed E-state index contributed by atoms with van der Waals surface area (Å²) in [4.78, 5) is 82.6. The van der Waals surface area contributed by atoms with Crippen molar-refractivity contribution in [3.05, 3.63) is 161 Å². The van der Waals surface area contributed by atoms with Crippen LogP contribution in [0.3, 0.4) is 0 Å². The molecule has 0 bridgehead atoms. The van der Waals surface area contributed by atoms with E-state index in [0.29, 0.717) is 91.7 Å². The second kappa shape index (κ2) is 32.6. The molecular formula is C82H94N6O22. The SMILES string of the molecule is CC(C)(CC1CO1)Oc1ccc(CC2NC(=O)C(Cc3ccc4c(c3)OCC(O)CC(C)(Oc3ccc(CC5NC(=O)C(Cc6ccc(OCC7CO7)cc6)NC5=O)cc3OCC3CO3)C(C)(Oc3ccc(CC5NC(=O)C(Cc6ccc(OCC7CO7)c(OCC7CO7)c6)NC5=O)cc3)CC(O)CO4)NC2=O)cc1. The van der Waals surface area contributed by atoms with Gasteiger partial charge in [-0.3, -0.25) is 28.8 Å². The third kappa shape index (κ3) is 20.0. The number of epoxide rings is 5. The van der Waals surface area contributed by atoms with E-state index >= 15 is 0 Å². The van der Waals surface area contributed by atoms with Crippen LogP contribution < -0.4 is 74.5 Å². The topological polar surface area (TPSA) is 361 Å². The van der Waals surface area contributed by atoms with Crippen molar-refractivity contribution in [2.45, 2.75) is 181 Å². The zero-order valence-corrected chi connectivity index (χ0v) is 61.8. The Morgan fingerprint density at radius 1 is 0.364 bits per heavy atom. The zero-order valence-electron chi connectivity index (χ0n) is 61.8. The van der Waals surface area contributed by atoms with Gasteiger partial charge in [-0.25, -0.2) is 0 Å². The van der Waals surface area contributed by atoms with E-state index in [9.17, 15) is 39.0 Å². The Morgan fingerprint density at radius 2 is 0.691 bits per heavy atom. The molecule has 9 aliphatic rings. The molecule has 6 aromatic rings. The number of fused-ring (bicyclic) bond motifs is 1. The van der Waals surface area contributed by atoms with Crippen molar-refractivity contribution in [2.24, 2.45) is 0 Å². The normalized spacial score (nSPS) is 28.8. The largest absolute Gasteiger partial charge is 0.491 e. The maximum atomic E-state index is 13.9. The number of carbonyl (C=O) groups excluding carboxylic acids is 6. The molecule has 8 N–H and O–H groups in total. The molecule has 0 radical (unpaired) electrons. The van der Waals surface area contributed by atoms with Crippen LogP contribution in [-0.2, 0) is 91.0 Å². The van der Waals surface area contributed by atoms with Crippen LogP contribution in [0.15, 0.2) is 127 Å². The van der Waals surface area contributed by atoms with Gasteiger partial charge in [0.15, 0.2) is 34.5 Å². The molecular weight excluding hydrogens is 1420 g/mol. The van der Waals surface area contributed by atoms with Gasteiger partial charge in [0.25, 0.3) is 0 Å². The maximum absolute atomic E-state index is 13.9. The Bertz CT molecular complexity index is 4320. The van der Waals surface area contributed by atoms with Gasteiger partial charge in [0.1, 0.15) is 134 Å².